The van der Waals surface area contributed by atoms with Crippen LogP contribution in [0, 0.1) is 16.3 Å². The van der Waals surface area contributed by atoms with Crippen LogP contribution in [0.25, 0.3) is 16.6 Å². The first-order chi connectivity index (χ1) is 16.9. The molecule has 0 saturated carbocycles. The smallest absolute Gasteiger partial charge is 0.335 e. The topological polar surface area (TPSA) is 141 Å². The Morgan fingerprint density at radius 1 is 1.08 bits per heavy atom. The highest BCUT2D eigenvalue weighted by atomic mass is 127. The molecule has 1 amide bonds. The summed E-state index contributed by atoms with van der Waals surface area (Å²) in [5, 5.41) is 12.9. The second-order valence-corrected chi connectivity index (χ2v) is 9.44. The van der Waals surface area contributed by atoms with Crippen molar-refractivity contribution in [3.8, 4) is 5.69 Å². The Morgan fingerprint density at radius 3 is 2.42 bits per heavy atom. The maximum absolute atomic E-state index is 14.7. The molecule has 4 rings (SSSR count). The molecule has 10 nitrogen and oxygen atoms in total. The zero-order valence-corrected chi connectivity index (χ0v) is 21.5. The van der Waals surface area contributed by atoms with E-state index in [-0.39, 0.29) is 39.2 Å². The highest BCUT2D eigenvalue weighted by Crippen LogP contribution is 2.27. The van der Waals surface area contributed by atoms with Gasteiger partial charge in [0.15, 0.2) is 6.10 Å². The zero-order chi connectivity index (χ0) is 26.5. The molecule has 0 radical (unpaired) electrons. The molecule has 12 heteroatoms. The Balaban J connectivity index is 2.13. The molecule has 0 saturated heterocycles. The molecule has 4 N–H and O–H groups in total. The van der Waals surface area contributed by atoms with Crippen molar-refractivity contribution < 1.29 is 14.3 Å². The summed E-state index contributed by atoms with van der Waals surface area (Å²) in [4.78, 5) is 51.4. The summed E-state index contributed by atoms with van der Waals surface area (Å²) in [6.07, 6.45) is -1.63. The second-order valence-electron chi connectivity index (χ2n) is 8.19. The predicted octanol–water partition coefficient (Wildman–Crippen LogP) is 1.70. The number of carbonyl (C=O) groups excluding carboxylic acids is 1. The van der Waals surface area contributed by atoms with E-state index in [4.69, 9.17) is 5.73 Å². The van der Waals surface area contributed by atoms with Crippen LogP contribution in [-0.2, 0) is 18.9 Å². The van der Waals surface area contributed by atoms with Crippen molar-refractivity contribution in [1.29, 1.82) is 0 Å². The molecule has 0 fully saturated rings. The number of halogens is 2. The van der Waals surface area contributed by atoms with Gasteiger partial charge in [0.1, 0.15) is 17.0 Å². The molecule has 0 bridgehead atoms. The number of aliphatic hydroxyl groups excluding tert-OH is 1. The number of nitrogens with zero attached hydrogens (tertiary/aromatic N) is 3. The summed E-state index contributed by atoms with van der Waals surface area (Å²) in [5.41, 5.74) is 3.65. The fourth-order valence-corrected chi connectivity index (χ4v) is 4.46. The molecule has 36 heavy (non-hydrogen) atoms. The lowest BCUT2D eigenvalue weighted by atomic mass is 10.1. The highest BCUT2D eigenvalue weighted by molar-refractivity contribution is 14.1. The van der Waals surface area contributed by atoms with E-state index in [1.54, 1.807) is 6.07 Å². The number of fused-ring (bicyclic) bond motifs is 1. The van der Waals surface area contributed by atoms with Crippen LogP contribution in [0.15, 0.2) is 56.8 Å². The third kappa shape index (κ3) is 4.11. The van der Waals surface area contributed by atoms with Crippen LogP contribution in [-0.4, -0.2) is 24.7 Å². The first-order valence-corrected chi connectivity index (χ1v) is 11.7. The molecule has 0 spiro atoms. The van der Waals surface area contributed by atoms with E-state index in [2.05, 4.69) is 5.32 Å². The minimum atomic E-state index is -1.63. The fraction of sp³-hybridized carbons (Fsp3) is 0.167. The van der Waals surface area contributed by atoms with Crippen LogP contribution in [0.1, 0.15) is 17.2 Å². The van der Waals surface area contributed by atoms with E-state index >= 15 is 0 Å². The third-order valence-corrected chi connectivity index (χ3v) is 6.58. The Hall–Kier alpha value is -3.78. The van der Waals surface area contributed by atoms with Gasteiger partial charge in [-0.05, 0) is 65.4 Å². The molecule has 2 aromatic carbocycles. The lowest BCUT2D eigenvalue weighted by Gasteiger charge is -2.20. The number of anilines is 2. The standard InChI is InChI=1S/C24H21FIN5O5/c1-11-18-17(21(29(2)22(11)34)28-16-8-7-13(26)10-15(16)25)23(35)30(3)24(36)31(18)14-6-4-5-12(9-14)19(32)20(27)33/h4-10,19,28,32H,1-3H3,(H2,27,33)/t19-/m0/s1. The summed E-state index contributed by atoms with van der Waals surface area (Å²) in [6.45, 7) is 1.47. The van der Waals surface area contributed by atoms with E-state index in [1.165, 1.54) is 62.0 Å². The van der Waals surface area contributed by atoms with E-state index < -0.39 is 34.6 Å². The van der Waals surface area contributed by atoms with Crippen molar-refractivity contribution in [2.75, 3.05) is 5.32 Å². The third-order valence-electron chi connectivity index (χ3n) is 5.91. The SMILES string of the molecule is Cc1c(=O)n(C)c(Nc2ccc(I)cc2F)c2c(=O)n(C)c(=O)n(-c3cccc([C@H](O)C(N)=O)c3)c12. The second kappa shape index (κ2) is 9.35. The number of benzene rings is 2. The monoisotopic (exact) mass is 605 g/mol. The minimum absolute atomic E-state index is 0.00494. The molecule has 2 heterocycles. The van der Waals surface area contributed by atoms with E-state index in [0.29, 0.717) is 3.57 Å². The van der Waals surface area contributed by atoms with Crippen LogP contribution in [0.2, 0.25) is 0 Å². The number of carbonyl (C=O) groups is 1. The molecular formula is C24H21FIN5O5. The number of nitrogens with two attached hydrogens (primary N) is 1. The van der Waals surface area contributed by atoms with Gasteiger partial charge in [-0.15, -0.1) is 0 Å². The number of aromatic nitrogens is 3. The van der Waals surface area contributed by atoms with Crippen molar-refractivity contribution in [2.24, 2.45) is 19.8 Å². The summed E-state index contributed by atoms with van der Waals surface area (Å²) in [7, 11) is 2.71. The maximum Gasteiger partial charge on any atom is 0.335 e. The van der Waals surface area contributed by atoms with Crippen LogP contribution < -0.4 is 27.9 Å². The maximum atomic E-state index is 14.7. The number of amides is 1. The summed E-state index contributed by atoms with van der Waals surface area (Å²) in [5.74, 6) is -1.59. The molecule has 2 aromatic heterocycles. The predicted molar refractivity (Wildman–Crippen MR) is 141 cm³/mol. The average molecular weight is 605 g/mol. The molecule has 1 atom stereocenters. The molecule has 0 unspecified atom stereocenters. The van der Waals surface area contributed by atoms with E-state index in [9.17, 15) is 28.7 Å². The molecule has 4 aromatic rings. The summed E-state index contributed by atoms with van der Waals surface area (Å²) >= 11 is 1.96. The number of hydrogen-bond acceptors (Lipinski definition) is 6. The summed E-state index contributed by atoms with van der Waals surface area (Å²) in [6, 6.07) is 10.3. The number of hydrogen-bond donors (Lipinski definition) is 3. The van der Waals surface area contributed by atoms with Crippen molar-refractivity contribution in [3.05, 3.63) is 94.2 Å². The number of rotatable bonds is 5. The van der Waals surface area contributed by atoms with Crippen molar-refractivity contribution in [3.63, 3.8) is 0 Å². The van der Waals surface area contributed by atoms with Crippen LogP contribution in [0.4, 0.5) is 15.9 Å². The Morgan fingerprint density at radius 2 is 1.78 bits per heavy atom. The molecule has 0 aliphatic heterocycles. The lowest BCUT2D eigenvalue weighted by Crippen LogP contribution is -2.40. The van der Waals surface area contributed by atoms with Gasteiger partial charge in [0.2, 0.25) is 0 Å². The Labute approximate surface area is 216 Å². The van der Waals surface area contributed by atoms with Crippen molar-refractivity contribution >= 4 is 50.9 Å². The van der Waals surface area contributed by atoms with Gasteiger partial charge in [-0.2, -0.15) is 0 Å². The van der Waals surface area contributed by atoms with Crippen LogP contribution in [0.3, 0.4) is 0 Å². The first kappa shape index (κ1) is 25.3. The molecular weight excluding hydrogens is 584 g/mol. The molecule has 186 valence electrons. The lowest BCUT2D eigenvalue weighted by molar-refractivity contribution is -0.126. The van der Waals surface area contributed by atoms with Gasteiger partial charge in [-0.25, -0.2) is 9.18 Å². The van der Waals surface area contributed by atoms with Gasteiger partial charge in [-0.1, -0.05) is 12.1 Å². The van der Waals surface area contributed by atoms with Crippen LogP contribution >= 0.6 is 22.6 Å². The van der Waals surface area contributed by atoms with E-state index in [0.717, 1.165) is 9.13 Å². The van der Waals surface area contributed by atoms with E-state index in [1.807, 2.05) is 22.6 Å². The van der Waals surface area contributed by atoms with Gasteiger partial charge in [0.25, 0.3) is 17.0 Å². The minimum Gasteiger partial charge on any atom is -0.378 e. The van der Waals surface area contributed by atoms with Gasteiger partial charge in [-0.3, -0.25) is 28.1 Å². The fourth-order valence-electron chi connectivity index (χ4n) is 4.01. The number of aryl methyl sites for hydroxylation is 1. The average Bonchev–Trinajstić information content (AvgIpc) is 2.84. The largest absolute Gasteiger partial charge is 0.378 e. The zero-order valence-electron chi connectivity index (χ0n) is 19.4. The number of nitrogens with one attached hydrogen (secondary N) is 1. The van der Waals surface area contributed by atoms with Gasteiger partial charge in [0, 0.05) is 23.2 Å². The number of aliphatic hydroxyl groups is 1. The molecule has 0 aliphatic carbocycles. The number of pyridine rings is 1. The summed E-state index contributed by atoms with van der Waals surface area (Å²) < 4.78 is 18.5. The molecule has 0 aliphatic rings. The van der Waals surface area contributed by atoms with Gasteiger partial charge in [0.05, 0.1) is 16.9 Å². The Bertz CT molecular complexity index is 1740. The van der Waals surface area contributed by atoms with Gasteiger partial charge >= 0.3 is 5.69 Å². The quantitative estimate of drug-likeness (QED) is 0.296. The van der Waals surface area contributed by atoms with Crippen LogP contribution in [0.5, 0.6) is 0 Å². The first-order valence-electron chi connectivity index (χ1n) is 10.6. The van der Waals surface area contributed by atoms with Crippen molar-refractivity contribution in [1.82, 2.24) is 13.7 Å². The highest BCUT2D eigenvalue weighted by Gasteiger charge is 2.23. The Kier molecular flexibility index (Phi) is 6.58. The number of primary amides is 1. The van der Waals surface area contributed by atoms with Crippen molar-refractivity contribution in [2.45, 2.75) is 13.0 Å². The normalized spacial score (nSPS) is 12.1. The van der Waals surface area contributed by atoms with Gasteiger partial charge < -0.3 is 16.2 Å².